The first kappa shape index (κ1) is 13.7. The number of hydrogen-bond donors (Lipinski definition) is 2. The Bertz CT molecular complexity index is 920. The molecule has 2 aromatic heterocycles. The molecule has 0 bridgehead atoms. The summed E-state index contributed by atoms with van der Waals surface area (Å²) in [6.07, 6.45) is 2.83. The van der Waals surface area contributed by atoms with Crippen LogP contribution in [0.1, 0.15) is 15.9 Å². The summed E-state index contributed by atoms with van der Waals surface area (Å²) in [5.74, 6) is -2.89. The molecule has 0 radical (unpaired) electrons. The highest BCUT2D eigenvalue weighted by Crippen LogP contribution is 2.31. The zero-order valence-electron chi connectivity index (χ0n) is 10.9. The summed E-state index contributed by atoms with van der Waals surface area (Å²) in [5.41, 5.74) is -1.13. The molecule has 0 aliphatic rings. The molecular formula is C14H8FN3O4. The number of benzene rings is 1. The van der Waals surface area contributed by atoms with Crippen molar-refractivity contribution in [3.8, 4) is 5.75 Å². The Morgan fingerprint density at radius 3 is 2.86 bits per heavy atom. The van der Waals surface area contributed by atoms with Gasteiger partial charge in [-0.2, -0.15) is 4.39 Å². The Labute approximate surface area is 122 Å². The van der Waals surface area contributed by atoms with Crippen LogP contribution in [0, 0.1) is 15.9 Å². The molecule has 0 saturated carbocycles. The minimum Gasteiger partial charge on any atom is -0.507 e. The Morgan fingerprint density at radius 2 is 2.14 bits per heavy atom. The van der Waals surface area contributed by atoms with Gasteiger partial charge in [0.25, 0.3) is 0 Å². The summed E-state index contributed by atoms with van der Waals surface area (Å²) < 4.78 is 14.2. The van der Waals surface area contributed by atoms with Crippen molar-refractivity contribution >= 4 is 22.5 Å². The van der Waals surface area contributed by atoms with Crippen molar-refractivity contribution in [3.05, 3.63) is 63.7 Å². The number of phenols is 1. The number of rotatable bonds is 3. The first-order valence-corrected chi connectivity index (χ1v) is 6.13. The second-order valence-electron chi connectivity index (χ2n) is 4.48. The number of aromatic amines is 1. The highest BCUT2D eigenvalue weighted by atomic mass is 19.1. The number of aromatic hydroxyl groups is 1. The van der Waals surface area contributed by atoms with Gasteiger partial charge in [0.1, 0.15) is 17.0 Å². The molecule has 0 spiro atoms. The summed E-state index contributed by atoms with van der Waals surface area (Å²) in [7, 11) is 0. The molecule has 1 aromatic carbocycles. The molecule has 0 aliphatic carbocycles. The number of nitro benzene ring substituents is 1. The van der Waals surface area contributed by atoms with E-state index >= 15 is 0 Å². The number of hydrogen-bond acceptors (Lipinski definition) is 5. The number of carbonyl (C=O) groups is 1. The maximum absolute atomic E-state index is 14.2. The molecule has 2 N–H and O–H groups in total. The van der Waals surface area contributed by atoms with Gasteiger partial charge in [0.15, 0.2) is 0 Å². The number of nitrogens with one attached hydrogen (secondary N) is 1. The number of nitro groups is 1. The molecule has 0 atom stereocenters. The molecule has 110 valence electrons. The third-order valence-electron chi connectivity index (χ3n) is 3.22. The number of nitrogens with zero attached hydrogens (tertiary/aromatic N) is 2. The molecule has 0 unspecified atom stereocenters. The number of aromatic nitrogens is 2. The van der Waals surface area contributed by atoms with Crippen LogP contribution >= 0.6 is 0 Å². The standard InChI is InChI=1S/C14H8FN3O4/c15-12-9(18(21)22)3-4-10(19)11(12)13(20)8-6-17-14-7(8)2-1-5-16-14/h1-6,19H,(H,16,17). The monoisotopic (exact) mass is 301 g/mol. The zero-order chi connectivity index (χ0) is 15.9. The third kappa shape index (κ3) is 1.97. The van der Waals surface area contributed by atoms with Crippen molar-refractivity contribution in [2.75, 3.05) is 0 Å². The van der Waals surface area contributed by atoms with Crippen LogP contribution in [0.2, 0.25) is 0 Å². The van der Waals surface area contributed by atoms with Gasteiger partial charge in [0, 0.05) is 29.4 Å². The van der Waals surface area contributed by atoms with E-state index in [1.807, 2.05) is 0 Å². The Balaban J connectivity index is 2.21. The van der Waals surface area contributed by atoms with Gasteiger partial charge in [-0.15, -0.1) is 0 Å². The van der Waals surface area contributed by atoms with Gasteiger partial charge in [-0.3, -0.25) is 14.9 Å². The molecule has 0 saturated heterocycles. The van der Waals surface area contributed by atoms with Crippen LogP contribution in [0.15, 0.2) is 36.7 Å². The number of H-pyrrole nitrogens is 1. The van der Waals surface area contributed by atoms with Crippen LogP contribution in [-0.4, -0.2) is 25.8 Å². The van der Waals surface area contributed by atoms with Gasteiger partial charge in [-0.25, -0.2) is 4.98 Å². The van der Waals surface area contributed by atoms with E-state index in [9.17, 15) is 24.4 Å². The second-order valence-corrected chi connectivity index (χ2v) is 4.48. The van der Waals surface area contributed by atoms with Crippen molar-refractivity contribution in [1.29, 1.82) is 0 Å². The van der Waals surface area contributed by atoms with E-state index in [-0.39, 0.29) is 5.56 Å². The fourth-order valence-electron chi connectivity index (χ4n) is 2.19. The average molecular weight is 301 g/mol. The summed E-state index contributed by atoms with van der Waals surface area (Å²) >= 11 is 0. The minimum atomic E-state index is -1.37. The lowest BCUT2D eigenvalue weighted by Crippen LogP contribution is -2.06. The first-order valence-electron chi connectivity index (χ1n) is 6.13. The molecule has 2 heterocycles. The van der Waals surface area contributed by atoms with Crippen LogP contribution in [0.3, 0.4) is 0 Å². The highest BCUT2D eigenvalue weighted by molar-refractivity contribution is 6.17. The van der Waals surface area contributed by atoms with Gasteiger partial charge in [0.05, 0.1) is 4.92 Å². The molecule has 22 heavy (non-hydrogen) atoms. The Morgan fingerprint density at radius 1 is 1.36 bits per heavy atom. The molecule has 0 aliphatic heterocycles. The van der Waals surface area contributed by atoms with Gasteiger partial charge in [0.2, 0.25) is 11.6 Å². The predicted octanol–water partition coefficient (Wildman–Crippen LogP) is 2.55. The number of phenolic OH excluding ortho intramolecular Hbond substituents is 1. The normalized spacial score (nSPS) is 10.8. The van der Waals surface area contributed by atoms with Crippen molar-refractivity contribution in [2.24, 2.45) is 0 Å². The fraction of sp³-hybridized carbons (Fsp3) is 0. The van der Waals surface area contributed by atoms with Gasteiger partial charge in [-0.1, -0.05) is 0 Å². The topological polar surface area (TPSA) is 109 Å². The first-order chi connectivity index (χ1) is 10.5. The van der Waals surface area contributed by atoms with E-state index in [0.29, 0.717) is 11.0 Å². The maximum atomic E-state index is 14.2. The zero-order valence-corrected chi connectivity index (χ0v) is 10.9. The van der Waals surface area contributed by atoms with E-state index in [1.54, 1.807) is 12.1 Å². The lowest BCUT2D eigenvalue weighted by molar-refractivity contribution is -0.387. The predicted molar refractivity (Wildman–Crippen MR) is 74.2 cm³/mol. The Kier molecular flexibility index (Phi) is 3.06. The number of ketones is 1. The largest absolute Gasteiger partial charge is 0.507 e. The van der Waals surface area contributed by atoms with E-state index in [2.05, 4.69) is 9.97 Å². The summed E-state index contributed by atoms with van der Waals surface area (Å²) in [6, 6.07) is 4.91. The molecule has 7 nitrogen and oxygen atoms in total. The van der Waals surface area contributed by atoms with Crippen molar-refractivity contribution < 1.29 is 19.2 Å². The molecular weight excluding hydrogens is 293 g/mol. The Hall–Kier alpha value is -3.29. The third-order valence-corrected chi connectivity index (χ3v) is 3.22. The van der Waals surface area contributed by atoms with Crippen LogP contribution < -0.4 is 0 Å². The van der Waals surface area contributed by atoms with E-state index in [0.717, 1.165) is 12.1 Å². The van der Waals surface area contributed by atoms with Gasteiger partial charge >= 0.3 is 5.69 Å². The number of carbonyl (C=O) groups excluding carboxylic acids is 1. The summed E-state index contributed by atoms with van der Waals surface area (Å²) in [5, 5.41) is 20.9. The van der Waals surface area contributed by atoms with Crippen LogP contribution in [0.5, 0.6) is 5.75 Å². The molecule has 0 amide bonds. The summed E-state index contributed by atoms with van der Waals surface area (Å²) in [6.45, 7) is 0. The van der Waals surface area contributed by atoms with Crippen molar-refractivity contribution in [2.45, 2.75) is 0 Å². The molecule has 3 rings (SSSR count). The smallest absolute Gasteiger partial charge is 0.305 e. The van der Waals surface area contributed by atoms with Crippen molar-refractivity contribution in [1.82, 2.24) is 9.97 Å². The molecule has 3 aromatic rings. The SMILES string of the molecule is O=C(c1c(O)ccc([N+](=O)[O-])c1F)c1c[nH]c2ncccc12. The maximum Gasteiger partial charge on any atom is 0.305 e. The highest BCUT2D eigenvalue weighted by Gasteiger charge is 2.28. The summed E-state index contributed by atoms with van der Waals surface area (Å²) in [4.78, 5) is 29.0. The van der Waals surface area contributed by atoms with Crippen LogP contribution in [0.25, 0.3) is 11.0 Å². The molecule has 8 heteroatoms. The van der Waals surface area contributed by atoms with E-state index in [4.69, 9.17) is 0 Å². The van der Waals surface area contributed by atoms with E-state index in [1.165, 1.54) is 12.4 Å². The number of pyridine rings is 1. The van der Waals surface area contributed by atoms with Crippen molar-refractivity contribution in [3.63, 3.8) is 0 Å². The lowest BCUT2D eigenvalue weighted by Gasteiger charge is -2.05. The van der Waals surface area contributed by atoms with Gasteiger partial charge < -0.3 is 10.1 Å². The lowest BCUT2D eigenvalue weighted by atomic mass is 10.0. The number of fused-ring (bicyclic) bond motifs is 1. The number of halogens is 1. The van der Waals surface area contributed by atoms with Gasteiger partial charge in [-0.05, 0) is 18.2 Å². The molecule has 0 fully saturated rings. The fourth-order valence-corrected chi connectivity index (χ4v) is 2.19. The van der Waals surface area contributed by atoms with Crippen LogP contribution in [0.4, 0.5) is 10.1 Å². The minimum absolute atomic E-state index is 0.0674. The van der Waals surface area contributed by atoms with E-state index < -0.39 is 33.5 Å². The average Bonchev–Trinajstić information content (AvgIpc) is 2.90. The quantitative estimate of drug-likeness (QED) is 0.439. The second kappa shape index (κ2) is 4.92. The van der Waals surface area contributed by atoms with Crippen LogP contribution in [-0.2, 0) is 0 Å².